The summed E-state index contributed by atoms with van der Waals surface area (Å²) in [4.78, 5) is 11.4. The number of halogens is 3. The van der Waals surface area contributed by atoms with E-state index in [4.69, 9.17) is 5.11 Å². The van der Waals surface area contributed by atoms with E-state index in [0.29, 0.717) is 6.42 Å². The van der Waals surface area contributed by atoms with Crippen molar-refractivity contribution in [1.82, 2.24) is 10.6 Å². The molecule has 22 heavy (non-hydrogen) atoms. The molecule has 0 unspecified atom stereocenters. The fourth-order valence-corrected chi connectivity index (χ4v) is 1.58. The molecule has 7 heteroatoms. The van der Waals surface area contributed by atoms with E-state index in [1.54, 1.807) is 6.92 Å². The van der Waals surface area contributed by atoms with E-state index in [1.165, 1.54) is 12.1 Å². The van der Waals surface area contributed by atoms with Crippen LogP contribution in [0.1, 0.15) is 24.5 Å². The molecule has 0 radical (unpaired) electrons. The van der Waals surface area contributed by atoms with Gasteiger partial charge in [-0.25, -0.2) is 4.79 Å². The van der Waals surface area contributed by atoms with Gasteiger partial charge in [-0.15, -0.1) is 0 Å². The maximum atomic E-state index is 12.5. The summed E-state index contributed by atoms with van der Waals surface area (Å²) in [6, 6.07) is 4.05. The molecule has 4 nitrogen and oxygen atoms in total. The number of carbonyl (C=O) groups excluding carboxylic acids is 1. The van der Waals surface area contributed by atoms with E-state index >= 15 is 0 Å². The molecule has 0 aliphatic heterocycles. The monoisotopic (exact) mass is 314 g/mol. The van der Waals surface area contributed by atoms with Crippen LogP contribution in [0, 0.1) is 11.8 Å². The Balaban J connectivity index is 2.50. The minimum Gasteiger partial charge on any atom is -0.396 e. The number of amides is 2. The van der Waals surface area contributed by atoms with E-state index in [9.17, 15) is 18.0 Å². The van der Waals surface area contributed by atoms with Crippen molar-refractivity contribution in [3.05, 3.63) is 35.4 Å². The van der Waals surface area contributed by atoms with E-state index in [1.807, 2.05) is 0 Å². The molecule has 0 saturated carbocycles. The van der Waals surface area contributed by atoms with Gasteiger partial charge in [0.15, 0.2) is 0 Å². The summed E-state index contributed by atoms with van der Waals surface area (Å²) >= 11 is 0. The lowest BCUT2D eigenvalue weighted by atomic mass is 10.1. The lowest BCUT2D eigenvalue weighted by Gasteiger charge is -2.11. The third-order valence-corrected chi connectivity index (χ3v) is 2.70. The molecule has 1 atom stereocenters. The van der Waals surface area contributed by atoms with Crippen LogP contribution < -0.4 is 10.6 Å². The molecule has 0 aliphatic carbocycles. The minimum absolute atomic E-state index is 0.00786. The Kier molecular flexibility index (Phi) is 6.73. The highest BCUT2D eigenvalue weighted by atomic mass is 19.4. The van der Waals surface area contributed by atoms with Crippen LogP contribution in [0.3, 0.4) is 0 Å². The van der Waals surface area contributed by atoms with Gasteiger partial charge < -0.3 is 15.7 Å². The van der Waals surface area contributed by atoms with E-state index in [0.717, 1.165) is 12.1 Å². The summed E-state index contributed by atoms with van der Waals surface area (Å²) in [6.07, 6.45) is -3.97. The van der Waals surface area contributed by atoms with E-state index < -0.39 is 17.8 Å². The molecule has 0 aliphatic rings. The predicted molar refractivity (Wildman–Crippen MR) is 76.0 cm³/mol. The third-order valence-electron chi connectivity index (χ3n) is 2.70. The van der Waals surface area contributed by atoms with Crippen LogP contribution in [0.15, 0.2) is 24.3 Å². The fourth-order valence-electron chi connectivity index (χ4n) is 1.58. The van der Waals surface area contributed by atoms with Crippen LogP contribution in [-0.4, -0.2) is 30.3 Å². The summed E-state index contributed by atoms with van der Waals surface area (Å²) in [5, 5.41) is 13.7. The zero-order chi connectivity index (χ0) is 16.6. The van der Waals surface area contributed by atoms with Crippen molar-refractivity contribution >= 4 is 6.03 Å². The van der Waals surface area contributed by atoms with E-state index in [-0.39, 0.29) is 24.8 Å². The first-order chi connectivity index (χ1) is 10.3. The number of hydrogen-bond acceptors (Lipinski definition) is 2. The second-order valence-electron chi connectivity index (χ2n) is 4.62. The van der Waals surface area contributed by atoms with Crippen molar-refractivity contribution in [1.29, 1.82) is 0 Å². The second-order valence-corrected chi connectivity index (χ2v) is 4.62. The minimum atomic E-state index is -4.40. The quantitative estimate of drug-likeness (QED) is 0.746. The summed E-state index contributed by atoms with van der Waals surface area (Å²) in [7, 11) is 0. The first-order valence-corrected chi connectivity index (χ1v) is 6.64. The third kappa shape index (κ3) is 6.50. The lowest BCUT2D eigenvalue weighted by Crippen LogP contribution is -2.41. The SMILES string of the molecule is C[C@H](CCO)NC(=O)NCC#Cc1cccc(C(F)(F)F)c1. The second kappa shape index (κ2) is 8.29. The fraction of sp³-hybridized carbons (Fsp3) is 0.400. The molecule has 3 N–H and O–H groups in total. The first-order valence-electron chi connectivity index (χ1n) is 6.64. The lowest BCUT2D eigenvalue weighted by molar-refractivity contribution is -0.137. The van der Waals surface area contributed by atoms with Gasteiger partial charge in [-0.3, -0.25) is 0 Å². The molecule has 0 fully saturated rings. The van der Waals surface area contributed by atoms with E-state index in [2.05, 4.69) is 22.5 Å². The van der Waals surface area contributed by atoms with Crippen molar-refractivity contribution in [2.45, 2.75) is 25.6 Å². The van der Waals surface area contributed by atoms with Gasteiger partial charge in [0, 0.05) is 18.2 Å². The summed E-state index contributed by atoms with van der Waals surface area (Å²) in [6.45, 7) is 1.72. The number of aliphatic hydroxyl groups excluding tert-OH is 1. The highest BCUT2D eigenvalue weighted by Gasteiger charge is 2.30. The number of carbonyl (C=O) groups is 1. The van der Waals surface area contributed by atoms with Crippen LogP contribution in [-0.2, 0) is 6.18 Å². The molecule has 2 amide bonds. The highest BCUT2D eigenvalue weighted by Crippen LogP contribution is 2.29. The number of nitrogens with one attached hydrogen (secondary N) is 2. The van der Waals surface area contributed by atoms with Crippen LogP contribution in [0.25, 0.3) is 0 Å². The zero-order valence-electron chi connectivity index (χ0n) is 12.0. The molecule has 1 aromatic rings. The average Bonchev–Trinajstić information content (AvgIpc) is 2.43. The van der Waals surface area contributed by atoms with Gasteiger partial charge >= 0.3 is 12.2 Å². The van der Waals surface area contributed by atoms with Crippen LogP contribution >= 0.6 is 0 Å². The van der Waals surface area contributed by atoms with Gasteiger partial charge in [0.25, 0.3) is 0 Å². The topological polar surface area (TPSA) is 61.4 Å². The molecule has 0 aromatic heterocycles. The van der Waals surface area contributed by atoms with Crippen molar-refractivity contribution in [3.63, 3.8) is 0 Å². The molecule has 0 saturated heterocycles. The van der Waals surface area contributed by atoms with Gasteiger partial charge in [0.05, 0.1) is 12.1 Å². The number of aliphatic hydroxyl groups is 1. The predicted octanol–water partition coefficient (Wildman–Crippen LogP) is 2.13. The maximum Gasteiger partial charge on any atom is 0.416 e. The van der Waals surface area contributed by atoms with Gasteiger partial charge in [-0.2, -0.15) is 13.2 Å². The zero-order valence-corrected chi connectivity index (χ0v) is 12.0. The number of alkyl halides is 3. The maximum absolute atomic E-state index is 12.5. The molecule has 1 aromatic carbocycles. The number of urea groups is 1. The average molecular weight is 314 g/mol. The summed E-state index contributed by atoms with van der Waals surface area (Å²) in [5.74, 6) is 5.14. The molecule has 120 valence electrons. The standard InChI is InChI=1S/C15H17F3N2O2/c1-11(7-9-21)20-14(22)19-8-3-5-12-4-2-6-13(10-12)15(16,17)18/h2,4,6,10-11,21H,7-9H2,1H3,(H2,19,20,22)/t11-/m1/s1. The number of hydrogen-bond donors (Lipinski definition) is 3. The molecule has 0 bridgehead atoms. The van der Waals surface area contributed by atoms with Crippen LogP contribution in [0.4, 0.5) is 18.0 Å². The van der Waals surface area contributed by atoms with Crippen molar-refractivity contribution in [2.75, 3.05) is 13.2 Å². The number of rotatable bonds is 4. The molecule has 1 rings (SSSR count). The Bertz CT molecular complexity index is 562. The van der Waals surface area contributed by atoms with Crippen molar-refractivity contribution in [3.8, 4) is 11.8 Å². The Morgan fingerprint density at radius 1 is 1.41 bits per heavy atom. The Hall–Kier alpha value is -2.20. The Morgan fingerprint density at radius 2 is 2.14 bits per heavy atom. The molecule has 0 heterocycles. The smallest absolute Gasteiger partial charge is 0.396 e. The van der Waals surface area contributed by atoms with Crippen LogP contribution in [0.5, 0.6) is 0 Å². The van der Waals surface area contributed by atoms with Gasteiger partial charge in [-0.05, 0) is 31.5 Å². The summed E-state index contributed by atoms with van der Waals surface area (Å²) < 4.78 is 37.5. The van der Waals surface area contributed by atoms with Crippen LogP contribution in [0.2, 0.25) is 0 Å². The van der Waals surface area contributed by atoms with Gasteiger partial charge in [-0.1, -0.05) is 17.9 Å². The Morgan fingerprint density at radius 3 is 2.77 bits per heavy atom. The number of benzene rings is 1. The molecule has 0 spiro atoms. The normalized spacial score (nSPS) is 12.0. The van der Waals surface area contributed by atoms with Gasteiger partial charge in [0.1, 0.15) is 0 Å². The largest absolute Gasteiger partial charge is 0.416 e. The van der Waals surface area contributed by atoms with Crippen molar-refractivity contribution in [2.24, 2.45) is 0 Å². The molecular weight excluding hydrogens is 297 g/mol. The first kappa shape index (κ1) is 17.9. The van der Waals surface area contributed by atoms with Crippen molar-refractivity contribution < 1.29 is 23.1 Å². The van der Waals surface area contributed by atoms with Gasteiger partial charge in [0.2, 0.25) is 0 Å². The Labute approximate surface area is 126 Å². The summed E-state index contributed by atoms with van der Waals surface area (Å²) in [5.41, 5.74) is -0.534. The highest BCUT2D eigenvalue weighted by molar-refractivity contribution is 5.74. The molecular formula is C15H17F3N2O2.